The molecule has 0 saturated carbocycles. The second-order valence-corrected chi connectivity index (χ2v) is 10.9. The van der Waals surface area contributed by atoms with Crippen LogP contribution in [0.25, 0.3) is 0 Å². The van der Waals surface area contributed by atoms with Gasteiger partial charge >= 0.3 is 43.4 Å². The summed E-state index contributed by atoms with van der Waals surface area (Å²) >= 11 is 0. The largest absolute Gasteiger partial charge is 0.647 e. The third-order valence-corrected chi connectivity index (χ3v) is 6.98. The third-order valence-electron chi connectivity index (χ3n) is 5.76. The molecule has 0 atom stereocenters. The highest BCUT2D eigenvalue weighted by atomic mass is 31.2. The van der Waals surface area contributed by atoms with Gasteiger partial charge < -0.3 is 13.6 Å². The molecule has 0 N–H and O–H groups in total. The molecule has 0 aliphatic heterocycles. The Hall–Kier alpha value is -5.14. The molecule has 3 rings (SSSR count). The smallest absolute Gasteiger partial charge is 0.378 e. The highest BCUT2D eigenvalue weighted by molar-refractivity contribution is 7.49. The summed E-state index contributed by atoms with van der Waals surface area (Å²) in [4.78, 5) is 30.4. The normalized spacial score (nSPS) is 12.4. The number of phosphoric acid groups is 1. The van der Waals surface area contributed by atoms with Gasteiger partial charge in [0.2, 0.25) is 17.2 Å². The standard InChI is InChI=1S/C24H15F9N3O10P/c1-10-4-13(22(25,26)27)19(16(7-10)34(37)38)44-47(43,45-20-14(23(28,29)30)5-11(2)8-17(20)35(39)40)46-21-15(24(31,32)33)6-12(3)9-18(21)36(41)42/h4-9H,1-3H3. The molecule has 0 bridgehead atoms. The van der Waals surface area contributed by atoms with Gasteiger partial charge in [-0.3, -0.25) is 30.3 Å². The van der Waals surface area contributed by atoms with Crippen LogP contribution in [-0.4, -0.2) is 14.8 Å². The number of nitro groups is 3. The van der Waals surface area contributed by atoms with E-state index >= 15 is 0 Å². The molecule has 0 fully saturated rings. The number of aryl methyl sites for hydroxylation is 3. The fraction of sp³-hybridized carbons (Fsp3) is 0.250. The summed E-state index contributed by atoms with van der Waals surface area (Å²) in [6.07, 6.45) is -17.0. The van der Waals surface area contributed by atoms with Crippen molar-refractivity contribution in [1.82, 2.24) is 0 Å². The van der Waals surface area contributed by atoms with E-state index < -0.39 is 109 Å². The highest BCUT2D eigenvalue weighted by Crippen LogP contribution is 2.59. The number of benzene rings is 3. The Balaban J connectivity index is 2.52. The van der Waals surface area contributed by atoms with Gasteiger partial charge in [-0.1, -0.05) is 0 Å². The molecule has 0 amide bonds. The van der Waals surface area contributed by atoms with Crippen molar-refractivity contribution in [2.75, 3.05) is 0 Å². The Bertz CT molecular complexity index is 1640. The van der Waals surface area contributed by atoms with Gasteiger partial charge in [-0.2, -0.15) is 44.1 Å². The molecule has 3 aromatic carbocycles. The van der Waals surface area contributed by atoms with Gasteiger partial charge in [0.05, 0.1) is 14.8 Å². The molecule has 13 nitrogen and oxygen atoms in total. The minimum Gasteiger partial charge on any atom is -0.378 e. The van der Waals surface area contributed by atoms with E-state index in [4.69, 9.17) is 0 Å². The minimum atomic E-state index is -6.83. The van der Waals surface area contributed by atoms with E-state index in [2.05, 4.69) is 13.6 Å². The summed E-state index contributed by atoms with van der Waals surface area (Å²) in [6.45, 7) is 2.69. The van der Waals surface area contributed by atoms with Crippen LogP contribution in [0.5, 0.6) is 17.2 Å². The summed E-state index contributed by atoms with van der Waals surface area (Å²) in [5, 5.41) is 35.1. The molecule has 0 aliphatic carbocycles. The molecular formula is C24H15F9N3O10P. The fourth-order valence-electron chi connectivity index (χ4n) is 3.98. The first kappa shape index (κ1) is 36.3. The maximum Gasteiger partial charge on any atom is 0.647 e. The zero-order valence-corrected chi connectivity index (χ0v) is 24.1. The van der Waals surface area contributed by atoms with Gasteiger partial charge in [0, 0.05) is 18.2 Å². The number of hydrogen-bond acceptors (Lipinski definition) is 10. The molecular weight excluding hydrogens is 692 g/mol. The lowest BCUT2D eigenvalue weighted by Crippen LogP contribution is -2.18. The van der Waals surface area contributed by atoms with E-state index in [-0.39, 0.29) is 18.2 Å². The molecule has 0 saturated heterocycles. The molecule has 3 aromatic rings. The number of phosphoric ester groups is 1. The lowest BCUT2D eigenvalue weighted by atomic mass is 10.1. The predicted molar refractivity (Wildman–Crippen MR) is 138 cm³/mol. The summed E-state index contributed by atoms with van der Waals surface area (Å²) < 4.78 is 154. The Morgan fingerprint density at radius 1 is 0.511 bits per heavy atom. The molecule has 47 heavy (non-hydrogen) atoms. The molecule has 0 unspecified atom stereocenters. The first-order chi connectivity index (χ1) is 21.2. The molecule has 0 aliphatic rings. The summed E-state index contributed by atoms with van der Waals surface area (Å²) in [5.41, 5.74) is -13.2. The third kappa shape index (κ3) is 7.99. The van der Waals surface area contributed by atoms with E-state index in [0.717, 1.165) is 20.8 Å². The van der Waals surface area contributed by atoms with E-state index in [0.29, 0.717) is 18.2 Å². The maximum atomic E-state index is 14.1. The van der Waals surface area contributed by atoms with Crippen molar-refractivity contribution in [3.63, 3.8) is 0 Å². The number of halogens is 9. The van der Waals surface area contributed by atoms with Crippen molar-refractivity contribution in [1.29, 1.82) is 0 Å². The number of alkyl halides is 9. The van der Waals surface area contributed by atoms with Gasteiger partial charge in [-0.15, -0.1) is 0 Å². The van der Waals surface area contributed by atoms with Crippen LogP contribution in [0.4, 0.5) is 56.6 Å². The van der Waals surface area contributed by atoms with E-state index in [9.17, 15) is 74.4 Å². The SMILES string of the molecule is Cc1cc([N+](=O)[O-])c(OP(=O)(Oc2c([N+](=O)[O-])cc(C)cc2C(F)(F)F)Oc2c([N+](=O)[O-])cc(C)cc2C(F)(F)F)c(C(F)(F)F)c1. The Kier molecular flexibility index (Phi) is 9.45. The van der Waals surface area contributed by atoms with Crippen LogP contribution in [0.3, 0.4) is 0 Å². The number of hydrogen-bond donors (Lipinski definition) is 0. The lowest BCUT2D eigenvalue weighted by molar-refractivity contribution is -0.386. The summed E-state index contributed by atoms with van der Waals surface area (Å²) in [7, 11) is -6.83. The fourth-order valence-corrected chi connectivity index (χ4v) is 5.34. The highest BCUT2D eigenvalue weighted by Gasteiger charge is 2.50. The van der Waals surface area contributed by atoms with Gasteiger partial charge in [0.1, 0.15) is 16.7 Å². The van der Waals surface area contributed by atoms with Crippen LogP contribution < -0.4 is 13.6 Å². The molecule has 0 radical (unpaired) electrons. The average Bonchev–Trinajstić information content (AvgIpc) is 2.88. The molecule has 0 aromatic heterocycles. The summed E-state index contributed by atoms with van der Waals surface area (Å²) in [5.74, 6) is -6.45. The second-order valence-electron chi connectivity index (χ2n) is 9.47. The van der Waals surface area contributed by atoms with Crippen molar-refractivity contribution >= 4 is 24.9 Å². The van der Waals surface area contributed by atoms with Gasteiger partial charge in [-0.05, 0) is 55.7 Å². The van der Waals surface area contributed by atoms with Crippen molar-refractivity contribution in [3.8, 4) is 17.2 Å². The maximum absolute atomic E-state index is 14.1. The molecule has 0 heterocycles. The minimum absolute atomic E-state index is 0.137. The quantitative estimate of drug-likeness (QED) is 0.0903. The monoisotopic (exact) mass is 707 g/mol. The van der Waals surface area contributed by atoms with Gasteiger partial charge in [0.25, 0.3) is 0 Å². The van der Waals surface area contributed by atoms with Crippen LogP contribution in [0, 0.1) is 51.1 Å². The first-order valence-electron chi connectivity index (χ1n) is 12.0. The number of rotatable bonds is 9. The number of nitrogens with zero attached hydrogens (tertiary/aromatic N) is 3. The van der Waals surface area contributed by atoms with Crippen molar-refractivity contribution in [3.05, 3.63) is 100 Å². The van der Waals surface area contributed by atoms with Gasteiger partial charge in [-0.25, -0.2) is 0 Å². The zero-order chi connectivity index (χ0) is 36.0. The van der Waals surface area contributed by atoms with Crippen LogP contribution in [0.2, 0.25) is 0 Å². The average molecular weight is 707 g/mol. The van der Waals surface area contributed by atoms with Crippen LogP contribution in [-0.2, 0) is 23.1 Å². The zero-order valence-electron chi connectivity index (χ0n) is 23.2. The Morgan fingerprint density at radius 3 is 0.894 bits per heavy atom. The Morgan fingerprint density at radius 2 is 0.723 bits per heavy atom. The van der Waals surface area contributed by atoms with Crippen molar-refractivity contribution < 1.29 is 72.4 Å². The predicted octanol–water partition coefficient (Wildman–Crippen LogP) is 9.04. The Labute approximate surface area is 254 Å². The van der Waals surface area contributed by atoms with Crippen molar-refractivity contribution in [2.24, 2.45) is 0 Å². The summed E-state index contributed by atoms with van der Waals surface area (Å²) in [6, 6.07) is 1.49. The van der Waals surface area contributed by atoms with E-state index in [1.54, 1.807) is 0 Å². The topological polar surface area (TPSA) is 174 Å². The molecule has 0 spiro atoms. The van der Waals surface area contributed by atoms with Crippen LogP contribution in [0.1, 0.15) is 33.4 Å². The van der Waals surface area contributed by atoms with Gasteiger partial charge in [0.15, 0.2) is 0 Å². The van der Waals surface area contributed by atoms with E-state index in [1.807, 2.05) is 0 Å². The molecule has 23 heteroatoms. The van der Waals surface area contributed by atoms with Crippen molar-refractivity contribution in [2.45, 2.75) is 39.3 Å². The lowest BCUT2D eigenvalue weighted by Gasteiger charge is -2.24. The van der Waals surface area contributed by atoms with Crippen LogP contribution >= 0.6 is 7.82 Å². The number of nitro benzene ring substituents is 3. The first-order valence-corrected chi connectivity index (χ1v) is 13.5. The van der Waals surface area contributed by atoms with E-state index in [1.165, 1.54) is 0 Å². The van der Waals surface area contributed by atoms with Crippen LogP contribution in [0.15, 0.2) is 36.4 Å². The second kappa shape index (κ2) is 12.2. The molecule has 254 valence electrons.